The number of nitrogens with zero attached hydrogens (tertiary/aromatic N) is 2. The molecule has 1 aromatic rings. The molecule has 0 aliphatic heterocycles. The summed E-state index contributed by atoms with van der Waals surface area (Å²) in [6.45, 7) is 6.80. The number of hydrogen-bond donors (Lipinski definition) is 1. The zero-order chi connectivity index (χ0) is 12.7. The minimum Gasteiger partial charge on any atom is -0.383 e. The first kappa shape index (κ1) is 13.9. The van der Waals surface area contributed by atoms with E-state index in [2.05, 4.69) is 35.1 Å². The van der Waals surface area contributed by atoms with Gasteiger partial charge >= 0.3 is 0 Å². The molecule has 1 heterocycles. The van der Waals surface area contributed by atoms with E-state index in [1.165, 1.54) is 5.56 Å². The molecule has 17 heavy (non-hydrogen) atoms. The van der Waals surface area contributed by atoms with Gasteiger partial charge in [-0.05, 0) is 31.2 Å². The third-order valence-electron chi connectivity index (χ3n) is 2.82. The van der Waals surface area contributed by atoms with Gasteiger partial charge in [-0.1, -0.05) is 6.92 Å². The summed E-state index contributed by atoms with van der Waals surface area (Å²) in [5, 5.41) is 3.31. The highest BCUT2D eigenvalue weighted by Gasteiger charge is 2.10. The monoisotopic (exact) mass is 237 g/mol. The molecule has 0 aliphatic rings. The van der Waals surface area contributed by atoms with E-state index in [9.17, 15) is 0 Å². The highest BCUT2D eigenvalue weighted by molar-refractivity contribution is 5.41. The van der Waals surface area contributed by atoms with Crippen molar-refractivity contribution in [1.82, 2.24) is 10.3 Å². The van der Waals surface area contributed by atoms with Gasteiger partial charge in [-0.25, -0.2) is 4.98 Å². The van der Waals surface area contributed by atoms with Gasteiger partial charge in [-0.15, -0.1) is 0 Å². The summed E-state index contributed by atoms with van der Waals surface area (Å²) < 4.78 is 5.16. The van der Waals surface area contributed by atoms with Crippen LogP contribution in [0.3, 0.4) is 0 Å². The summed E-state index contributed by atoms with van der Waals surface area (Å²) in [5.74, 6) is 0.991. The SMILES string of the molecule is CCNCc1ccnc(N(C)C(C)COC)c1. The van der Waals surface area contributed by atoms with Crippen LogP contribution in [0.5, 0.6) is 0 Å². The third-order valence-corrected chi connectivity index (χ3v) is 2.82. The molecule has 96 valence electrons. The molecule has 0 fully saturated rings. The first-order chi connectivity index (χ1) is 8.19. The minimum absolute atomic E-state index is 0.321. The summed E-state index contributed by atoms with van der Waals surface area (Å²) in [5.41, 5.74) is 1.26. The normalized spacial score (nSPS) is 12.5. The van der Waals surface area contributed by atoms with Crippen LogP contribution in [0, 0.1) is 0 Å². The summed E-state index contributed by atoms with van der Waals surface area (Å²) in [7, 11) is 3.77. The maximum atomic E-state index is 5.16. The van der Waals surface area contributed by atoms with E-state index in [0.29, 0.717) is 12.6 Å². The molecule has 0 saturated carbocycles. The molecule has 0 spiro atoms. The Hall–Kier alpha value is -1.13. The highest BCUT2D eigenvalue weighted by Crippen LogP contribution is 2.13. The largest absolute Gasteiger partial charge is 0.383 e. The summed E-state index contributed by atoms with van der Waals surface area (Å²) >= 11 is 0. The van der Waals surface area contributed by atoms with Crippen LogP contribution in [0.15, 0.2) is 18.3 Å². The van der Waals surface area contributed by atoms with Crippen LogP contribution in [-0.2, 0) is 11.3 Å². The lowest BCUT2D eigenvalue weighted by Gasteiger charge is -2.25. The first-order valence-corrected chi connectivity index (χ1v) is 6.06. The Bertz CT molecular complexity index is 330. The van der Waals surface area contributed by atoms with Gasteiger partial charge in [0.1, 0.15) is 5.82 Å². The van der Waals surface area contributed by atoms with Gasteiger partial charge in [0, 0.05) is 26.9 Å². The lowest BCUT2D eigenvalue weighted by atomic mass is 10.2. The molecule has 0 bridgehead atoms. The number of ether oxygens (including phenoxy) is 1. The maximum absolute atomic E-state index is 5.16. The van der Waals surface area contributed by atoms with E-state index in [-0.39, 0.29) is 0 Å². The first-order valence-electron chi connectivity index (χ1n) is 6.06. The van der Waals surface area contributed by atoms with E-state index in [1.807, 2.05) is 19.3 Å². The van der Waals surface area contributed by atoms with E-state index in [4.69, 9.17) is 4.74 Å². The molecule has 1 N–H and O–H groups in total. The van der Waals surface area contributed by atoms with Crippen molar-refractivity contribution >= 4 is 5.82 Å². The number of likely N-dealkylation sites (N-methyl/N-ethyl adjacent to an activating group) is 1. The summed E-state index contributed by atoms with van der Waals surface area (Å²) in [6.07, 6.45) is 1.86. The van der Waals surface area contributed by atoms with E-state index >= 15 is 0 Å². The number of nitrogens with one attached hydrogen (secondary N) is 1. The molecular weight excluding hydrogens is 214 g/mol. The fraction of sp³-hybridized carbons (Fsp3) is 0.615. The van der Waals surface area contributed by atoms with Crippen molar-refractivity contribution < 1.29 is 4.74 Å². The van der Waals surface area contributed by atoms with Crippen molar-refractivity contribution in [1.29, 1.82) is 0 Å². The van der Waals surface area contributed by atoms with Crippen LogP contribution in [0.25, 0.3) is 0 Å². The van der Waals surface area contributed by atoms with Gasteiger partial charge in [-0.3, -0.25) is 0 Å². The molecule has 0 aromatic carbocycles. The standard InChI is InChI=1S/C13H23N3O/c1-5-14-9-12-6-7-15-13(8-12)16(3)11(2)10-17-4/h6-8,11,14H,5,9-10H2,1-4H3. The average molecular weight is 237 g/mol. The Morgan fingerprint density at radius 1 is 1.53 bits per heavy atom. The summed E-state index contributed by atoms with van der Waals surface area (Å²) in [6, 6.07) is 4.48. The Balaban J connectivity index is 2.69. The quantitative estimate of drug-likeness (QED) is 0.782. The van der Waals surface area contributed by atoms with E-state index < -0.39 is 0 Å². The van der Waals surface area contributed by atoms with Gasteiger partial charge in [0.2, 0.25) is 0 Å². The van der Waals surface area contributed by atoms with Crippen molar-refractivity contribution in [2.75, 3.05) is 32.2 Å². The molecule has 0 amide bonds. The van der Waals surface area contributed by atoms with Gasteiger partial charge in [0.05, 0.1) is 12.6 Å². The predicted molar refractivity (Wildman–Crippen MR) is 71.4 cm³/mol. The average Bonchev–Trinajstić information content (AvgIpc) is 2.36. The molecule has 0 radical (unpaired) electrons. The number of anilines is 1. The molecule has 4 heteroatoms. The van der Waals surface area contributed by atoms with Crippen molar-refractivity contribution in [3.05, 3.63) is 23.9 Å². The van der Waals surface area contributed by atoms with Gasteiger partial charge in [0.25, 0.3) is 0 Å². The Morgan fingerprint density at radius 2 is 2.29 bits per heavy atom. The second-order valence-electron chi connectivity index (χ2n) is 4.22. The van der Waals surface area contributed by atoms with Crippen LogP contribution in [-0.4, -0.2) is 38.3 Å². The van der Waals surface area contributed by atoms with Crippen LogP contribution < -0.4 is 10.2 Å². The number of methoxy groups -OCH3 is 1. The molecule has 0 aliphatic carbocycles. The third kappa shape index (κ3) is 4.32. The molecule has 4 nitrogen and oxygen atoms in total. The minimum atomic E-state index is 0.321. The van der Waals surface area contributed by atoms with Crippen molar-refractivity contribution in [3.8, 4) is 0 Å². The van der Waals surface area contributed by atoms with Gasteiger partial charge < -0.3 is 15.0 Å². The van der Waals surface area contributed by atoms with E-state index in [0.717, 1.165) is 18.9 Å². The zero-order valence-corrected chi connectivity index (χ0v) is 11.2. The number of aromatic nitrogens is 1. The molecular formula is C13H23N3O. The number of pyridine rings is 1. The topological polar surface area (TPSA) is 37.4 Å². The molecule has 1 unspecified atom stereocenters. The maximum Gasteiger partial charge on any atom is 0.128 e. The van der Waals surface area contributed by atoms with Gasteiger partial charge in [0.15, 0.2) is 0 Å². The fourth-order valence-electron chi connectivity index (χ4n) is 1.61. The second kappa shape index (κ2) is 7.25. The highest BCUT2D eigenvalue weighted by atomic mass is 16.5. The molecule has 0 saturated heterocycles. The molecule has 1 atom stereocenters. The Labute approximate surface area is 104 Å². The Kier molecular flexibility index (Phi) is 5.94. The number of hydrogen-bond acceptors (Lipinski definition) is 4. The molecule has 1 aromatic heterocycles. The van der Waals surface area contributed by atoms with Crippen LogP contribution >= 0.6 is 0 Å². The zero-order valence-electron chi connectivity index (χ0n) is 11.2. The van der Waals surface area contributed by atoms with Gasteiger partial charge in [-0.2, -0.15) is 0 Å². The molecule has 1 rings (SSSR count). The predicted octanol–water partition coefficient (Wildman–Crippen LogP) is 1.66. The van der Waals surface area contributed by atoms with Crippen molar-refractivity contribution in [2.45, 2.75) is 26.4 Å². The smallest absolute Gasteiger partial charge is 0.128 e. The Morgan fingerprint density at radius 3 is 2.94 bits per heavy atom. The lowest BCUT2D eigenvalue weighted by Crippen LogP contribution is -2.33. The van der Waals surface area contributed by atoms with Crippen molar-refractivity contribution in [2.24, 2.45) is 0 Å². The fourth-order valence-corrected chi connectivity index (χ4v) is 1.61. The van der Waals surface area contributed by atoms with E-state index in [1.54, 1.807) is 7.11 Å². The number of rotatable bonds is 7. The van der Waals surface area contributed by atoms with Crippen LogP contribution in [0.4, 0.5) is 5.82 Å². The van der Waals surface area contributed by atoms with Crippen LogP contribution in [0.1, 0.15) is 19.4 Å². The lowest BCUT2D eigenvalue weighted by molar-refractivity contribution is 0.183. The second-order valence-corrected chi connectivity index (χ2v) is 4.22. The summed E-state index contributed by atoms with van der Waals surface area (Å²) in [4.78, 5) is 6.53. The van der Waals surface area contributed by atoms with Crippen LogP contribution in [0.2, 0.25) is 0 Å². The van der Waals surface area contributed by atoms with Crippen molar-refractivity contribution in [3.63, 3.8) is 0 Å².